The number of carbonyl (C=O) groups is 1. The van der Waals surface area contributed by atoms with Crippen molar-refractivity contribution in [1.29, 1.82) is 0 Å². The number of carbonyl (C=O) groups excluding carboxylic acids is 1. The van der Waals surface area contributed by atoms with Crippen LogP contribution in [0.25, 0.3) is 0 Å². The quantitative estimate of drug-likeness (QED) is 0.762. The maximum Gasteiger partial charge on any atom is 0.180 e. The number of aromatic nitrogens is 1. The minimum Gasteiger partial charge on any atom is -0.493 e. The van der Waals surface area contributed by atoms with Gasteiger partial charge in [0.15, 0.2) is 11.5 Å². The van der Waals surface area contributed by atoms with Gasteiger partial charge in [0.25, 0.3) is 0 Å². The van der Waals surface area contributed by atoms with E-state index in [0.29, 0.717) is 28.4 Å². The SMILES string of the molecule is COc1cc(C=O)cc(Cl)c1OCc1ccc(Br)cn1. The van der Waals surface area contributed by atoms with Gasteiger partial charge in [0.1, 0.15) is 12.9 Å². The summed E-state index contributed by atoms with van der Waals surface area (Å²) >= 11 is 9.41. The number of pyridine rings is 1. The van der Waals surface area contributed by atoms with Crippen molar-refractivity contribution in [2.75, 3.05) is 7.11 Å². The van der Waals surface area contributed by atoms with Gasteiger partial charge in [-0.2, -0.15) is 0 Å². The molecule has 1 heterocycles. The summed E-state index contributed by atoms with van der Waals surface area (Å²) in [6, 6.07) is 6.81. The Hall–Kier alpha value is -1.59. The highest BCUT2D eigenvalue weighted by atomic mass is 79.9. The normalized spacial score (nSPS) is 10.2. The van der Waals surface area contributed by atoms with E-state index in [0.717, 1.165) is 10.2 Å². The lowest BCUT2D eigenvalue weighted by molar-refractivity contribution is 0.112. The van der Waals surface area contributed by atoms with Crippen molar-refractivity contribution in [3.63, 3.8) is 0 Å². The van der Waals surface area contributed by atoms with Crippen LogP contribution in [0.3, 0.4) is 0 Å². The van der Waals surface area contributed by atoms with E-state index in [1.54, 1.807) is 12.3 Å². The summed E-state index contributed by atoms with van der Waals surface area (Å²) in [6.45, 7) is 0.254. The zero-order chi connectivity index (χ0) is 14.5. The van der Waals surface area contributed by atoms with Crippen LogP contribution in [-0.2, 0) is 6.61 Å². The number of nitrogens with zero attached hydrogens (tertiary/aromatic N) is 1. The molecule has 0 aliphatic carbocycles. The summed E-state index contributed by atoms with van der Waals surface area (Å²) in [4.78, 5) is 15.0. The van der Waals surface area contributed by atoms with Gasteiger partial charge in [-0.25, -0.2) is 0 Å². The Morgan fingerprint density at radius 3 is 2.80 bits per heavy atom. The summed E-state index contributed by atoms with van der Waals surface area (Å²) in [7, 11) is 1.49. The van der Waals surface area contributed by atoms with Crippen LogP contribution in [0.4, 0.5) is 0 Å². The minimum absolute atomic E-state index is 0.254. The van der Waals surface area contributed by atoms with Crippen molar-refractivity contribution in [1.82, 2.24) is 4.98 Å². The zero-order valence-electron chi connectivity index (χ0n) is 10.6. The molecule has 0 atom stereocenters. The molecular formula is C14H11BrClNO3. The number of benzene rings is 1. The first-order chi connectivity index (χ1) is 9.63. The van der Waals surface area contributed by atoms with E-state index in [9.17, 15) is 4.79 Å². The highest BCUT2D eigenvalue weighted by molar-refractivity contribution is 9.10. The van der Waals surface area contributed by atoms with Crippen molar-refractivity contribution in [3.8, 4) is 11.5 Å². The van der Waals surface area contributed by atoms with Gasteiger partial charge in [-0.05, 0) is 40.2 Å². The first kappa shape index (κ1) is 14.8. The third-order valence-corrected chi connectivity index (χ3v) is 3.29. The maximum absolute atomic E-state index is 10.8. The minimum atomic E-state index is 0.254. The predicted octanol–water partition coefficient (Wildman–Crippen LogP) is 3.90. The second-order valence-corrected chi connectivity index (χ2v) is 5.23. The molecular weight excluding hydrogens is 346 g/mol. The smallest absolute Gasteiger partial charge is 0.180 e. The largest absolute Gasteiger partial charge is 0.493 e. The monoisotopic (exact) mass is 355 g/mol. The van der Waals surface area contributed by atoms with E-state index in [1.165, 1.54) is 13.2 Å². The highest BCUT2D eigenvalue weighted by Crippen LogP contribution is 2.36. The molecule has 0 fully saturated rings. The Kier molecular flexibility index (Phi) is 4.98. The molecule has 0 saturated carbocycles. The van der Waals surface area contributed by atoms with Crippen LogP contribution in [0.1, 0.15) is 16.1 Å². The molecule has 2 aromatic rings. The van der Waals surface area contributed by atoms with Gasteiger partial charge in [-0.1, -0.05) is 11.6 Å². The fourth-order valence-electron chi connectivity index (χ4n) is 1.59. The van der Waals surface area contributed by atoms with E-state index in [4.69, 9.17) is 21.1 Å². The number of hydrogen-bond acceptors (Lipinski definition) is 4. The Morgan fingerprint density at radius 2 is 2.20 bits per heavy atom. The molecule has 0 saturated heterocycles. The molecule has 0 aliphatic heterocycles. The highest BCUT2D eigenvalue weighted by Gasteiger charge is 2.12. The lowest BCUT2D eigenvalue weighted by Crippen LogP contribution is -2.01. The summed E-state index contributed by atoms with van der Waals surface area (Å²) in [5.74, 6) is 0.807. The summed E-state index contributed by atoms with van der Waals surface area (Å²) in [5.41, 5.74) is 1.19. The third kappa shape index (κ3) is 3.49. The molecule has 0 bridgehead atoms. The van der Waals surface area contributed by atoms with Gasteiger partial charge in [-0.15, -0.1) is 0 Å². The molecule has 2 rings (SSSR count). The standard InChI is InChI=1S/C14H11BrClNO3/c1-19-13-5-9(7-18)4-12(16)14(13)20-8-11-3-2-10(15)6-17-11/h2-7H,8H2,1H3. The molecule has 20 heavy (non-hydrogen) atoms. The van der Waals surface area contributed by atoms with Crippen LogP contribution in [-0.4, -0.2) is 18.4 Å². The second-order valence-electron chi connectivity index (χ2n) is 3.91. The first-order valence-corrected chi connectivity index (χ1v) is 6.87. The Morgan fingerprint density at radius 1 is 1.40 bits per heavy atom. The molecule has 104 valence electrons. The summed E-state index contributed by atoms with van der Waals surface area (Å²) in [5, 5.41) is 0.323. The van der Waals surface area contributed by atoms with Crippen molar-refractivity contribution in [2.24, 2.45) is 0 Å². The molecule has 0 unspecified atom stereocenters. The Labute approximate surface area is 129 Å². The van der Waals surface area contributed by atoms with Crippen LogP contribution in [0.2, 0.25) is 5.02 Å². The van der Waals surface area contributed by atoms with Gasteiger partial charge in [0, 0.05) is 16.2 Å². The molecule has 0 amide bonds. The maximum atomic E-state index is 10.8. The Balaban J connectivity index is 2.20. The second kappa shape index (κ2) is 6.72. The van der Waals surface area contributed by atoms with E-state index >= 15 is 0 Å². The molecule has 0 radical (unpaired) electrons. The fraction of sp³-hybridized carbons (Fsp3) is 0.143. The summed E-state index contributed by atoms with van der Waals surface area (Å²) < 4.78 is 11.7. The van der Waals surface area contributed by atoms with Gasteiger partial charge in [0.2, 0.25) is 0 Å². The average Bonchev–Trinajstić information content (AvgIpc) is 2.47. The van der Waals surface area contributed by atoms with Gasteiger partial charge < -0.3 is 9.47 Å². The average molecular weight is 357 g/mol. The van der Waals surface area contributed by atoms with Crippen molar-refractivity contribution < 1.29 is 14.3 Å². The van der Waals surface area contributed by atoms with Gasteiger partial charge in [-0.3, -0.25) is 9.78 Å². The molecule has 0 N–H and O–H groups in total. The van der Waals surface area contributed by atoms with E-state index in [-0.39, 0.29) is 6.61 Å². The predicted molar refractivity (Wildman–Crippen MR) is 79.7 cm³/mol. The number of ether oxygens (including phenoxy) is 2. The molecule has 0 spiro atoms. The lowest BCUT2D eigenvalue weighted by atomic mass is 10.2. The molecule has 4 nitrogen and oxygen atoms in total. The van der Waals surface area contributed by atoms with E-state index in [1.807, 2.05) is 12.1 Å². The molecule has 0 aliphatic rings. The van der Waals surface area contributed by atoms with Crippen LogP contribution in [0.15, 0.2) is 34.9 Å². The first-order valence-electron chi connectivity index (χ1n) is 5.70. The topological polar surface area (TPSA) is 48.4 Å². The fourth-order valence-corrected chi connectivity index (χ4v) is 2.09. The van der Waals surface area contributed by atoms with Crippen molar-refractivity contribution in [3.05, 3.63) is 51.2 Å². The zero-order valence-corrected chi connectivity index (χ0v) is 12.9. The number of aldehydes is 1. The molecule has 6 heteroatoms. The van der Waals surface area contributed by atoms with Crippen LogP contribution in [0, 0.1) is 0 Å². The number of hydrogen-bond donors (Lipinski definition) is 0. The number of halogens is 2. The number of rotatable bonds is 5. The molecule has 1 aromatic heterocycles. The van der Waals surface area contributed by atoms with E-state index < -0.39 is 0 Å². The van der Waals surface area contributed by atoms with Crippen LogP contribution in [0.5, 0.6) is 11.5 Å². The Bertz CT molecular complexity index is 617. The van der Waals surface area contributed by atoms with Gasteiger partial charge in [0.05, 0.1) is 17.8 Å². The van der Waals surface area contributed by atoms with Crippen LogP contribution < -0.4 is 9.47 Å². The van der Waals surface area contributed by atoms with Gasteiger partial charge >= 0.3 is 0 Å². The lowest BCUT2D eigenvalue weighted by Gasteiger charge is -2.12. The van der Waals surface area contributed by atoms with Crippen LogP contribution >= 0.6 is 27.5 Å². The summed E-state index contributed by atoms with van der Waals surface area (Å²) in [6.07, 6.45) is 2.39. The molecule has 1 aromatic carbocycles. The van der Waals surface area contributed by atoms with Crippen molar-refractivity contribution >= 4 is 33.8 Å². The van der Waals surface area contributed by atoms with Crippen molar-refractivity contribution in [2.45, 2.75) is 6.61 Å². The van der Waals surface area contributed by atoms with E-state index in [2.05, 4.69) is 20.9 Å². The number of methoxy groups -OCH3 is 1. The third-order valence-electron chi connectivity index (χ3n) is 2.54.